The summed E-state index contributed by atoms with van der Waals surface area (Å²) in [6.45, 7) is 4.64. The van der Waals surface area contributed by atoms with E-state index in [0.29, 0.717) is 29.3 Å². The van der Waals surface area contributed by atoms with E-state index in [0.717, 1.165) is 38.5 Å². The minimum absolute atomic E-state index is 0.0246. The maximum atomic E-state index is 12.4. The Morgan fingerprint density at radius 1 is 0.905 bits per heavy atom. The molecule has 0 amide bonds. The van der Waals surface area contributed by atoms with Crippen molar-refractivity contribution in [2.75, 3.05) is 0 Å². The zero-order valence-electron chi connectivity index (χ0n) is 13.3. The van der Waals surface area contributed by atoms with Crippen LogP contribution in [-0.2, 0) is 9.59 Å². The predicted molar refractivity (Wildman–Crippen MR) is 81.7 cm³/mol. The fourth-order valence-electron chi connectivity index (χ4n) is 6.33. The molecular formula is C19H26O2. The van der Waals surface area contributed by atoms with Gasteiger partial charge in [-0.2, -0.15) is 0 Å². The maximum absolute atomic E-state index is 12.4. The highest BCUT2D eigenvalue weighted by molar-refractivity contribution is 5.91. The third kappa shape index (κ3) is 1.71. The molecule has 0 aromatic carbocycles. The number of rotatable bonds is 0. The van der Waals surface area contributed by atoms with Gasteiger partial charge in [-0.15, -0.1) is 0 Å². The number of fused-ring (bicyclic) bond motifs is 5. The molecule has 4 aliphatic carbocycles. The molecule has 0 N–H and O–H groups in total. The first-order chi connectivity index (χ1) is 9.95. The van der Waals surface area contributed by atoms with Gasteiger partial charge in [-0.3, -0.25) is 9.59 Å². The van der Waals surface area contributed by atoms with Gasteiger partial charge in [-0.25, -0.2) is 0 Å². The number of hydrogen-bond acceptors (Lipinski definition) is 2. The van der Waals surface area contributed by atoms with E-state index in [2.05, 4.69) is 13.8 Å². The van der Waals surface area contributed by atoms with Gasteiger partial charge in [0.05, 0.1) is 0 Å². The number of Topliss-reactive ketones (excluding diaryl/α,β-unsaturated/α-hetero) is 1. The summed E-state index contributed by atoms with van der Waals surface area (Å²) in [5, 5.41) is 0. The molecule has 3 fully saturated rings. The van der Waals surface area contributed by atoms with Crippen LogP contribution in [0.25, 0.3) is 0 Å². The molecule has 0 aromatic heterocycles. The van der Waals surface area contributed by atoms with Crippen molar-refractivity contribution in [3.8, 4) is 0 Å². The zero-order chi connectivity index (χ0) is 14.8. The van der Waals surface area contributed by atoms with E-state index in [1.807, 2.05) is 6.08 Å². The van der Waals surface area contributed by atoms with Crippen LogP contribution in [0.4, 0.5) is 0 Å². The number of hydrogen-bond donors (Lipinski definition) is 0. The molecule has 4 aliphatic rings. The third-order valence-corrected chi connectivity index (χ3v) is 7.67. The molecule has 5 atom stereocenters. The first-order valence-corrected chi connectivity index (χ1v) is 8.72. The summed E-state index contributed by atoms with van der Waals surface area (Å²) in [6, 6.07) is 0. The van der Waals surface area contributed by atoms with Crippen molar-refractivity contribution in [2.45, 2.75) is 65.2 Å². The predicted octanol–water partition coefficient (Wildman–Crippen LogP) is 4.09. The van der Waals surface area contributed by atoms with Gasteiger partial charge in [0.2, 0.25) is 0 Å². The second-order valence-electron chi connectivity index (χ2n) is 8.39. The lowest BCUT2D eigenvalue weighted by molar-refractivity contribution is -0.132. The zero-order valence-corrected chi connectivity index (χ0v) is 13.3. The lowest BCUT2D eigenvalue weighted by Gasteiger charge is -2.56. The lowest BCUT2D eigenvalue weighted by atomic mass is 9.47. The van der Waals surface area contributed by atoms with E-state index in [-0.39, 0.29) is 10.8 Å². The average Bonchev–Trinajstić information content (AvgIpc) is 2.76. The van der Waals surface area contributed by atoms with E-state index in [4.69, 9.17) is 0 Å². The SMILES string of the molecule is C[C@@]12CC[C@@H]3[C@H](CCC4=CC(=O)CC[C@]43C)C1CCC2=O. The van der Waals surface area contributed by atoms with E-state index in [9.17, 15) is 9.59 Å². The average molecular weight is 286 g/mol. The largest absolute Gasteiger partial charge is 0.299 e. The van der Waals surface area contributed by atoms with Crippen LogP contribution in [0.2, 0.25) is 0 Å². The molecule has 0 aromatic rings. The first-order valence-electron chi connectivity index (χ1n) is 8.72. The summed E-state index contributed by atoms with van der Waals surface area (Å²) < 4.78 is 0. The minimum Gasteiger partial charge on any atom is -0.299 e. The molecule has 2 nitrogen and oxygen atoms in total. The molecular weight excluding hydrogens is 260 g/mol. The van der Waals surface area contributed by atoms with Crippen molar-refractivity contribution in [1.29, 1.82) is 0 Å². The van der Waals surface area contributed by atoms with Gasteiger partial charge in [-0.1, -0.05) is 19.4 Å². The van der Waals surface area contributed by atoms with Crippen LogP contribution in [0.15, 0.2) is 11.6 Å². The molecule has 0 radical (unpaired) electrons. The van der Waals surface area contributed by atoms with Gasteiger partial charge in [0, 0.05) is 18.3 Å². The summed E-state index contributed by atoms with van der Waals surface area (Å²) >= 11 is 0. The van der Waals surface area contributed by atoms with Crippen LogP contribution in [0.5, 0.6) is 0 Å². The fourth-order valence-corrected chi connectivity index (χ4v) is 6.33. The summed E-state index contributed by atoms with van der Waals surface area (Å²) in [5.41, 5.74) is 1.64. The Balaban J connectivity index is 1.70. The molecule has 0 saturated heterocycles. The van der Waals surface area contributed by atoms with Gasteiger partial charge in [0.1, 0.15) is 5.78 Å². The second kappa shape index (κ2) is 4.30. The van der Waals surface area contributed by atoms with Gasteiger partial charge in [0.25, 0.3) is 0 Å². The summed E-state index contributed by atoms with van der Waals surface area (Å²) in [6.07, 6.45) is 10.2. The molecule has 0 spiro atoms. The topological polar surface area (TPSA) is 34.1 Å². The monoisotopic (exact) mass is 286 g/mol. The summed E-state index contributed by atoms with van der Waals surface area (Å²) in [4.78, 5) is 24.1. The normalized spacial score (nSPS) is 49.2. The number of carbonyl (C=O) groups is 2. The van der Waals surface area contributed by atoms with Crippen LogP contribution in [0, 0.1) is 28.6 Å². The molecule has 3 saturated carbocycles. The molecule has 114 valence electrons. The van der Waals surface area contributed by atoms with E-state index >= 15 is 0 Å². The summed E-state index contributed by atoms with van der Waals surface area (Å²) in [5.74, 6) is 2.88. The highest BCUT2D eigenvalue weighted by atomic mass is 16.1. The smallest absolute Gasteiger partial charge is 0.155 e. The van der Waals surface area contributed by atoms with Crippen LogP contribution < -0.4 is 0 Å². The highest BCUT2D eigenvalue weighted by Crippen LogP contribution is 2.64. The van der Waals surface area contributed by atoms with Gasteiger partial charge >= 0.3 is 0 Å². The van der Waals surface area contributed by atoms with E-state index in [1.165, 1.54) is 18.4 Å². The van der Waals surface area contributed by atoms with E-state index in [1.54, 1.807) is 0 Å². The van der Waals surface area contributed by atoms with Crippen molar-refractivity contribution in [2.24, 2.45) is 28.6 Å². The molecule has 21 heavy (non-hydrogen) atoms. The maximum Gasteiger partial charge on any atom is 0.155 e. The standard InChI is InChI=1S/C19H26O2/c1-18-9-7-13(20)11-12(18)3-4-14-15-5-6-17(21)19(15,2)10-8-16(14)18/h11,14-16H,3-10H2,1-2H3/t14-,15?,16-,18-,19-/m1/s1. The Kier molecular flexibility index (Phi) is 2.81. The van der Waals surface area contributed by atoms with Crippen molar-refractivity contribution in [3.63, 3.8) is 0 Å². The number of carbonyl (C=O) groups excluding carboxylic acids is 2. The third-order valence-electron chi connectivity index (χ3n) is 7.67. The quantitative estimate of drug-likeness (QED) is 0.672. The Morgan fingerprint density at radius 2 is 1.67 bits per heavy atom. The Bertz CT molecular complexity index is 546. The molecule has 0 bridgehead atoms. The molecule has 0 heterocycles. The first kappa shape index (κ1) is 13.7. The molecule has 2 heteroatoms. The number of allylic oxidation sites excluding steroid dienone is 1. The van der Waals surface area contributed by atoms with Crippen LogP contribution in [0.1, 0.15) is 65.2 Å². The summed E-state index contributed by atoms with van der Waals surface area (Å²) in [7, 11) is 0. The van der Waals surface area contributed by atoms with Crippen molar-refractivity contribution < 1.29 is 9.59 Å². The Morgan fingerprint density at radius 3 is 2.48 bits per heavy atom. The lowest BCUT2D eigenvalue weighted by Crippen LogP contribution is -2.50. The van der Waals surface area contributed by atoms with Gasteiger partial charge < -0.3 is 0 Å². The molecule has 0 aliphatic heterocycles. The molecule has 4 rings (SSSR count). The Hall–Kier alpha value is -0.920. The second-order valence-corrected chi connectivity index (χ2v) is 8.39. The van der Waals surface area contributed by atoms with Crippen LogP contribution in [0.3, 0.4) is 0 Å². The van der Waals surface area contributed by atoms with Crippen molar-refractivity contribution in [3.05, 3.63) is 11.6 Å². The number of ketones is 2. The highest BCUT2D eigenvalue weighted by Gasteiger charge is 2.58. The van der Waals surface area contributed by atoms with Crippen molar-refractivity contribution >= 4 is 11.6 Å². The van der Waals surface area contributed by atoms with Gasteiger partial charge in [0.15, 0.2) is 5.78 Å². The fraction of sp³-hybridized carbons (Fsp3) is 0.789. The Labute approximate surface area is 127 Å². The minimum atomic E-state index is -0.0246. The van der Waals surface area contributed by atoms with Crippen LogP contribution in [-0.4, -0.2) is 11.6 Å². The van der Waals surface area contributed by atoms with Crippen LogP contribution >= 0.6 is 0 Å². The van der Waals surface area contributed by atoms with Crippen molar-refractivity contribution in [1.82, 2.24) is 0 Å². The molecule has 1 unspecified atom stereocenters. The van der Waals surface area contributed by atoms with E-state index < -0.39 is 0 Å². The van der Waals surface area contributed by atoms with Gasteiger partial charge in [-0.05, 0) is 67.8 Å².